The van der Waals surface area contributed by atoms with Crippen LogP contribution >= 0.6 is 0 Å². The number of furan rings is 1. The van der Waals surface area contributed by atoms with Crippen molar-refractivity contribution in [2.24, 2.45) is 0 Å². The molecule has 0 amide bonds. The minimum atomic E-state index is 0.409. The molecule has 0 saturated carbocycles. The van der Waals surface area contributed by atoms with Gasteiger partial charge in [0.25, 0.3) is 0 Å². The van der Waals surface area contributed by atoms with Crippen LogP contribution in [0, 0.1) is 0 Å². The Balaban J connectivity index is 2.36. The zero-order chi connectivity index (χ0) is 11.5. The molecule has 86 valence electrons. The Morgan fingerprint density at radius 1 is 1.44 bits per heavy atom. The van der Waals surface area contributed by atoms with Gasteiger partial charge >= 0.3 is 0 Å². The summed E-state index contributed by atoms with van der Waals surface area (Å²) in [5, 5.41) is 4.24. The number of ether oxygens (including phenoxy) is 1. The van der Waals surface area contributed by atoms with E-state index in [1.807, 2.05) is 25.2 Å². The van der Waals surface area contributed by atoms with E-state index in [9.17, 15) is 0 Å². The van der Waals surface area contributed by atoms with Crippen LogP contribution in [0.3, 0.4) is 0 Å². The Kier molecular flexibility index (Phi) is 3.15. The van der Waals surface area contributed by atoms with E-state index < -0.39 is 0 Å². The Morgan fingerprint density at radius 3 is 2.94 bits per heavy atom. The minimum Gasteiger partial charge on any atom is -0.496 e. The third kappa shape index (κ3) is 2.04. The highest BCUT2D eigenvalue weighted by molar-refractivity contribution is 5.84. The van der Waals surface area contributed by atoms with Crippen LogP contribution in [-0.4, -0.2) is 20.2 Å². The molecular formula is C13H17NO2. The van der Waals surface area contributed by atoms with E-state index in [1.54, 1.807) is 7.11 Å². The zero-order valence-corrected chi connectivity index (χ0v) is 9.91. The van der Waals surface area contributed by atoms with E-state index >= 15 is 0 Å². The van der Waals surface area contributed by atoms with Gasteiger partial charge in [0.15, 0.2) is 0 Å². The van der Waals surface area contributed by atoms with Crippen molar-refractivity contribution in [1.82, 2.24) is 5.32 Å². The molecule has 2 rings (SSSR count). The summed E-state index contributed by atoms with van der Waals surface area (Å²) in [7, 11) is 3.63. The fourth-order valence-corrected chi connectivity index (χ4v) is 1.77. The van der Waals surface area contributed by atoms with Crippen LogP contribution in [0.25, 0.3) is 11.0 Å². The lowest BCUT2D eigenvalue weighted by Crippen LogP contribution is -2.23. The van der Waals surface area contributed by atoms with E-state index in [-0.39, 0.29) is 0 Å². The largest absolute Gasteiger partial charge is 0.496 e. The van der Waals surface area contributed by atoms with Gasteiger partial charge in [0.1, 0.15) is 17.1 Å². The molecule has 0 radical (unpaired) electrons. The van der Waals surface area contributed by atoms with E-state index in [0.29, 0.717) is 6.04 Å². The second-order valence-corrected chi connectivity index (χ2v) is 3.98. The van der Waals surface area contributed by atoms with E-state index in [4.69, 9.17) is 9.15 Å². The zero-order valence-electron chi connectivity index (χ0n) is 9.91. The molecule has 0 aliphatic carbocycles. The minimum absolute atomic E-state index is 0.409. The van der Waals surface area contributed by atoms with Crippen LogP contribution in [0.4, 0.5) is 0 Å². The SMILES string of the molecule is CNC(C)Cc1cc2c(OC)cccc2o1. The molecule has 3 nitrogen and oxygen atoms in total. The van der Waals surface area contributed by atoms with Crippen LogP contribution in [0.15, 0.2) is 28.7 Å². The Bertz CT molecular complexity index is 476. The van der Waals surface area contributed by atoms with Gasteiger partial charge in [-0.2, -0.15) is 0 Å². The van der Waals surface area contributed by atoms with Crippen LogP contribution in [0.5, 0.6) is 5.75 Å². The Hall–Kier alpha value is -1.48. The topological polar surface area (TPSA) is 34.4 Å². The van der Waals surface area contributed by atoms with Crippen LogP contribution in [0.2, 0.25) is 0 Å². The van der Waals surface area contributed by atoms with Gasteiger partial charge in [0, 0.05) is 12.5 Å². The molecule has 0 bridgehead atoms. The van der Waals surface area contributed by atoms with Gasteiger partial charge in [-0.15, -0.1) is 0 Å². The first-order valence-electron chi connectivity index (χ1n) is 5.47. The lowest BCUT2D eigenvalue weighted by atomic mass is 10.2. The summed E-state index contributed by atoms with van der Waals surface area (Å²) < 4.78 is 11.1. The predicted molar refractivity (Wildman–Crippen MR) is 65.0 cm³/mol. The molecule has 0 saturated heterocycles. The molecule has 1 N–H and O–H groups in total. The molecule has 1 aromatic heterocycles. The third-order valence-electron chi connectivity index (χ3n) is 2.79. The number of methoxy groups -OCH3 is 1. The van der Waals surface area contributed by atoms with Gasteiger partial charge in [0.05, 0.1) is 12.5 Å². The quantitative estimate of drug-likeness (QED) is 0.858. The van der Waals surface area contributed by atoms with Crippen molar-refractivity contribution in [2.75, 3.05) is 14.2 Å². The Morgan fingerprint density at radius 2 is 2.25 bits per heavy atom. The first-order chi connectivity index (χ1) is 7.74. The highest BCUT2D eigenvalue weighted by atomic mass is 16.5. The number of benzene rings is 1. The van der Waals surface area contributed by atoms with Crippen LogP contribution < -0.4 is 10.1 Å². The standard InChI is InChI=1S/C13H17NO2/c1-9(14-2)7-10-8-11-12(15-3)5-4-6-13(11)16-10/h4-6,8-9,14H,7H2,1-3H3. The number of hydrogen-bond acceptors (Lipinski definition) is 3. The van der Waals surface area contributed by atoms with Crippen molar-refractivity contribution in [2.45, 2.75) is 19.4 Å². The van der Waals surface area contributed by atoms with Gasteiger partial charge in [0.2, 0.25) is 0 Å². The highest BCUT2D eigenvalue weighted by Crippen LogP contribution is 2.28. The number of fused-ring (bicyclic) bond motifs is 1. The van der Waals surface area contributed by atoms with Crippen molar-refractivity contribution < 1.29 is 9.15 Å². The molecule has 0 aliphatic rings. The molecule has 0 spiro atoms. The highest BCUT2D eigenvalue weighted by Gasteiger charge is 2.10. The van der Waals surface area contributed by atoms with Crippen LogP contribution in [-0.2, 0) is 6.42 Å². The van der Waals surface area contributed by atoms with E-state index in [1.165, 1.54) is 0 Å². The monoisotopic (exact) mass is 219 g/mol. The fraction of sp³-hybridized carbons (Fsp3) is 0.385. The summed E-state index contributed by atoms with van der Waals surface area (Å²) in [6.07, 6.45) is 0.883. The maximum atomic E-state index is 5.76. The molecule has 1 unspecified atom stereocenters. The molecule has 1 heterocycles. The molecule has 0 fully saturated rings. The number of likely N-dealkylation sites (N-methyl/N-ethyl adjacent to an activating group) is 1. The summed E-state index contributed by atoms with van der Waals surface area (Å²) in [5.74, 6) is 1.85. The van der Waals surface area contributed by atoms with Gasteiger partial charge in [-0.1, -0.05) is 6.07 Å². The molecule has 1 aromatic carbocycles. The van der Waals surface area contributed by atoms with Gasteiger partial charge in [-0.3, -0.25) is 0 Å². The lowest BCUT2D eigenvalue weighted by Gasteiger charge is -2.06. The van der Waals surface area contributed by atoms with Gasteiger partial charge in [-0.05, 0) is 32.2 Å². The number of nitrogens with one attached hydrogen (secondary N) is 1. The normalized spacial score (nSPS) is 12.9. The molecule has 16 heavy (non-hydrogen) atoms. The fourth-order valence-electron chi connectivity index (χ4n) is 1.77. The summed E-state index contributed by atoms with van der Waals surface area (Å²) in [6, 6.07) is 8.32. The van der Waals surface area contributed by atoms with Crippen molar-refractivity contribution in [3.8, 4) is 5.75 Å². The Labute approximate surface area is 95.4 Å². The molecule has 1 atom stereocenters. The lowest BCUT2D eigenvalue weighted by molar-refractivity contribution is 0.419. The van der Waals surface area contributed by atoms with Crippen molar-refractivity contribution in [3.63, 3.8) is 0 Å². The summed E-state index contributed by atoms with van der Waals surface area (Å²) in [6.45, 7) is 2.13. The average Bonchev–Trinajstić information content (AvgIpc) is 2.70. The van der Waals surface area contributed by atoms with Crippen LogP contribution in [0.1, 0.15) is 12.7 Å². The maximum Gasteiger partial charge on any atom is 0.138 e. The van der Waals surface area contributed by atoms with E-state index in [0.717, 1.165) is 28.9 Å². The van der Waals surface area contributed by atoms with Crippen molar-refractivity contribution >= 4 is 11.0 Å². The summed E-state index contributed by atoms with van der Waals surface area (Å²) in [5.41, 5.74) is 0.887. The molecule has 3 heteroatoms. The summed E-state index contributed by atoms with van der Waals surface area (Å²) >= 11 is 0. The molecular weight excluding hydrogens is 202 g/mol. The number of hydrogen-bond donors (Lipinski definition) is 1. The van der Waals surface area contributed by atoms with E-state index in [2.05, 4.69) is 18.3 Å². The van der Waals surface area contributed by atoms with Gasteiger partial charge in [-0.25, -0.2) is 0 Å². The van der Waals surface area contributed by atoms with Crippen molar-refractivity contribution in [3.05, 3.63) is 30.0 Å². The molecule has 0 aliphatic heterocycles. The average molecular weight is 219 g/mol. The number of rotatable bonds is 4. The maximum absolute atomic E-state index is 5.76. The summed E-state index contributed by atoms with van der Waals surface area (Å²) in [4.78, 5) is 0. The first kappa shape index (κ1) is 11.0. The molecule has 2 aromatic rings. The van der Waals surface area contributed by atoms with Crippen molar-refractivity contribution in [1.29, 1.82) is 0 Å². The second-order valence-electron chi connectivity index (χ2n) is 3.98. The predicted octanol–water partition coefficient (Wildman–Crippen LogP) is 2.59. The first-order valence-corrected chi connectivity index (χ1v) is 5.47. The van der Waals surface area contributed by atoms with Gasteiger partial charge < -0.3 is 14.5 Å². The second kappa shape index (κ2) is 4.58. The smallest absolute Gasteiger partial charge is 0.138 e. The third-order valence-corrected chi connectivity index (χ3v) is 2.79.